The van der Waals surface area contributed by atoms with Gasteiger partial charge in [-0.15, -0.1) is 18.3 Å². The van der Waals surface area contributed by atoms with Crippen molar-refractivity contribution in [2.24, 2.45) is 10.7 Å². The van der Waals surface area contributed by atoms with Crippen LogP contribution in [0.2, 0.25) is 0 Å². The number of nitrogens with two attached hydrogens (primary N) is 1. The van der Waals surface area contributed by atoms with Gasteiger partial charge in [-0.3, -0.25) is 14.4 Å². The van der Waals surface area contributed by atoms with Crippen molar-refractivity contribution in [2.45, 2.75) is 77.6 Å². The molecule has 0 aromatic carbocycles. The molecule has 1 fully saturated rings. The van der Waals surface area contributed by atoms with Gasteiger partial charge in [0.1, 0.15) is 6.33 Å². The molecular weight excluding hydrogens is 661 g/mol. The lowest BCUT2D eigenvalue weighted by molar-refractivity contribution is -0.119. The second-order valence-electron chi connectivity index (χ2n) is 12.4. The van der Waals surface area contributed by atoms with Crippen LogP contribution >= 0.6 is 0 Å². The van der Waals surface area contributed by atoms with Crippen molar-refractivity contribution in [1.82, 2.24) is 39.3 Å². The highest BCUT2D eigenvalue weighted by Crippen LogP contribution is 2.50. The predicted octanol–water partition coefficient (Wildman–Crippen LogP) is 2.71. The molecule has 3 aliphatic rings. The summed E-state index contributed by atoms with van der Waals surface area (Å²) in [5.74, 6) is 0.873. The monoisotopic (exact) mass is 700 g/mol. The van der Waals surface area contributed by atoms with E-state index in [2.05, 4.69) is 38.5 Å². The Kier molecular flexibility index (Phi) is 10.4. The maximum absolute atomic E-state index is 14.0. The number of piperidine rings is 1. The van der Waals surface area contributed by atoms with Crippen molar-refractivity contribution in [1.29, 1.82) is 0 Å². The number of likely N-dealkylation sites (tertiary alicyclic amines) is 1. The van der Waals surface area contributed by atoms with E-state index in [1.54, 1.807) is 11.8 Å². The highest BCUT2D eigenvalue weighted by molar-refractivity contribution is 5.99. The zero-order chi connectivity index (χ0) is 36.4. The van der Waals surface area contributed by atoms with E-state index in [1.165, 1.54) is 10.8 Å². The number of rotatable bonds is 6. The van der Waals surface area contributed by atoms with Gasteiger partial charge in [0.2, 0.25) is 12.2 Å². The second-order valence-corrected chi connectivity index (χ2v) is 12.4. The predicted molar refractivity (Wildman–Crippen MR) is 175 cm³/mol. The third-order valence-corrected chi connectivity index (χ3v) is 9.33. The number of aryl methyl sites for hydroxylation is 2. The van der Waals surface area contributed by atoms with Crippen LogP contribution in [-0.2, 0) is 21.5 Å². The standard InChI is InChI=1S/C26H31N7O4.C6H8F3N3O/c1-4-32-20-15(2)13-26(7-9-31(10-8-26)24(36)19-21(34)16(3)27-14-28-19)18(20)23(35)33-25(32)29-22(30-33)17-5-11-37-12-6-17;1-4(12-6(7,8)9)5(2-10)11-3-13/h5,14-15,34H,4,6-13H2,1-3H3;2-3H,10H2,1H3,(H,11,13)/b;5-2+,12-4+. The smallest absolute Gasteiger partial charge is 0.503 e. The lowest BCUT2D eigenvalue weighted by atomic mass is 9.73. The normalized spacial score (nSPS) is 19.1. The van der Waals surface area contributed by atoms with Crippen molar-refractivity contribution in [3.63, 3.8) is 0 Å². The molecule has 15 nitrogen and oxygen atoms in total. The molecule has 0 radical (unpaired) electrons. The summed E-state index contributed by atoms with van der Waals surface area (Å²) in [5.41, 5.74) is 7.21. The van der Waals surface area contributed by atoms with E-state index >= 15 is 0 Å². The summed E-state index contributed by atoms with van der Waals surface area (Å²) in [6.45, 7) is 9.77. The molecule has 3 aromatic rings. The number of fused-ring (bicyclic) bond motifs is 3. The van der Waals surface area contributed by atoms with Crippen LogP contribution in [0.5, 0.6) is 5.75 Å². The molecule has 6 rings (SSSR count). The first kappa shape index (κ1) is 36.2. The van der Waals surface area contributed by atoms with Gasteiger partial charge in [-0.05, 0) is 57.9 Å². The molecule has 1 spiro atoms. The highest BCUT2D eigenvalue weighted by Gasteiger charge is 2.49. The summed E-state index contributed by atoms with van der Waals surface area (Å²) < 4.78 is 44.1. The fraction of sp³-hybridized carbons (Fsp3) is 0.500. The van der Waals surface area contributed by atoms with Crippen molar-refractivity contribution >= 4 is 29.4 Å². The van der Waals surface area contributed by atoms with E-state index in [0.29, 0.717) is 63.0 Å². The van der Waals surface area contributed by atoms with Crippen LogP contribution in [0, 0.1) is 6.92 Å². The van der Waals surface area contributed by atoms with E-state index < -0.39 is 12.0 Å². The lowest BCUT2D eigenvalue weighted by Gasteiger charge is -2.39. The number of hydrogen-bond acceptors (Lipinski definition) is 11. The van der Waals surface area contributed by atoms with E-state index in [1.807, 2.05) is 11.4 Å². The van der Waals surface area contributed by atoms with Gasteiger partial charge >= 0.3 is 6.30 Å². The maximum atomic E-state index is 14.0. The van der Waals surface area contributed by atoms with Crippen LogP contribution in [0.1, 0.15) is 85.6 Å². The number of nitrogens with one attached hydrogen (secondary N) is 1. The zero-order valence-electron chi connectivity index (χ0n) is 28.1. The van der Waals surface area contributed by atoms with Gasteiger partial charge in [-0.25, -0.2) is 9.97 Å². The zero-order valence-corrected chi connectivity index (χ0v) is 28.1. The summed E-state index contributed by atoms with van der Waals surface area (Å²) in [7, 11) is 0. The van der Waals surface area contributed by atoms with E-state index in [-0.39, 0.29) is 46.3 Å². The van der Waals surface area contributed by atoms with Crippen molar-refractivity contribution < 1.29 is 32.6 Å². The fourth-order valence-electron chi connectivity index (χ4n) is 7.00. The average Bonchev–Trinajstić information content (AvgIpc) is 3.65. The summed E-state index contributed by atoms with van der Waals surface area (Å²) >= 11 is 0. The topological polar surface area (TPSA) is 195 Å². The second kappa shape index (κ2) is 14.4. The number of aromatic hydroxyl groups is 1. The van der Waals surface area contributed by atoms with Gasteiger partial charge < -0.3 is 30.4 Å². The first-order chi connectivity index (χ1) is 23.7. The summed E-state index contributed by atoms with van der Waals surface area (Å²) in [6, 6.07) is 0. The van der Waals surface area contributed by atoms with E-state index in [9.17, 15) is 32.7 Å². The van der Waals surface area contributed by atoms with Crippen molar-refractivity contribution in [3.05, 3.63) is 63.1 Å². The molecule has 5 heterocycles. The first-order valence-corrected chi connectivity index (χ1v) is 16.1. The summed E-state index contributed by atoms with van der Waals surface area (Å²) in [5, 5.41) is 17.0. The van der Waals surface area contributed by atoms with Crippen LogP contribution in [0.3, 0.4) is 0 Å². The molecule has 50 heavy (non-hydrogen) atoms. The minimum Gasteiger partial charge on any atom is -0.504 e. The number of carbonyl (C=O) groups excluding carboxylic acids is 2. The van der Waals surface area contributed by atoms with E-state index in [0.717, 1.165) is 42.8 Å². The number of halogens is 3. The summed E-state index contributed by atoms with van der Waals surface area (Å²) in [4.78, 5) is 53.9. The molecule has 0 bridgehead atoms. The molecule has 1 saturated heterocycles. The van der Waals surface area contributed by atoms with Crippen LogP contribution in [-0.4, -0.2) is 89.8 Å². The third-order valence-electron chi connectivity index (χ3n) is 9.33. The summed E-state index contributed by atoms with van der Waals surface area (Å²) in [6.07, 6.45) is 2.56. The van der Waals surface area contributed by atoms with Gasteiger partial charge in [-0.1, -0.05) is 13.0 Å². The molecule has 0 saturated carbocycles. The first-order valence-electron chi connectivity index (χ1n) is 16.1. The fourth-order valence-corrected chi connectivity index (χ4v) is 7.00. The molecule has 268 valence electrons. The Bertz CT molecular complexity index is 1940. The number of amides is 2. The number of aromatic nitrogens is 6. The van der Waals surface area contributed by atoms with Gasteiger partial charge in [0.25, 0.3) is 11.5 Å². The third kappa shape index (κ3) is 6.97. The SMILES string of the molecule is CC(=N\C(F)(F)F)/C(=C\N)NC=O.CCn1c2c(c(=O)n3nc(C4=CCOCC4)nc13)C1(CCN(C(=O)c3ncnc(C)c3O)CC1)CC2C. The Morgan fingerprint density at radius 2 is 2.00 bits per heavy atom. The molecule has 18 heteroatoms. The Balaban J connectivity index is 0.000000320. The Morgan fingerprint density at radius 3 is 2.60 bits per heavy atom. The Morgan fingerprint density at radius 1 is 1.28 bits per heavy atom. The molecule has 1 unspecified atom stereocenters. The van der Waals surface area contributed by atoms with Crippen LogP contribution < -0.4 is 16.6 Å². The van der Waals surface area contributed by atoms with Gasteiger partial charge in [-0.2, -0.15) is 14.5 Å². The van der Waals surface area contributed by atoms with Gasteiger partial charge in [0.05, 0.1) is 30.3 Å². The number of hydrogen-bond donors (Lipinski definition) is 3. The van der Waals surface area contributed by atoms with Crippen LogP contribution in [0.15, 0.2) is 34.1 Å². The largest absolute Gasteiger partial charge is 0.504 e. The number of carbonyl (C=O) groups is 2. The molecule has 1 aliphatic carbocycles. The quantitative estimate of drug-likeness (QED) is 0.196. The van der Waals surface area contributed by atoms with Gasteiger partial charge in [0.15, 0.2) is 17.3 Å². The molecule has 1 atom stereocenters. The van der Waals surface area contributed by atoms with Crippen molar-refractivity contribution in [3.8, 4) is 5.75 Å². The minimum absolute atomic E-state index is 0.0243. The van der Waals surface area contributed by atoms with Gasteiger partial charge in [0, 0.05) is 42.5 Å². The molecule has 2 aliphatic heterocycles. The molecule has 3 aromatic heterocycles. The lowest BCUT2D eigenvalue weighted by Crippen LogP contribution is -2.46. The van der Waals surface area contributed by atoms with Crippen LogP contribution in [0.4, 0.5) is 13.2 Å². The number of alkyl halides is 3. The number of allylic oxidation sites excluding steroid dienone is 1. The number of ether oxygens (including phenoxy) is 1. The minimum atomic E-state index is -4.66. The Labute approximate surface area is 284 Å². The molecule has 4 N–H and O–H groups in total. The number of nitrogens with zero attached hydrogens (tertiary/aromatic N) is 8. The highest BCUT2D eigenvalue weighted by atomic mass is 19.4. The molecular formula is C32H39F3N10O5. The average molecular weight is 701 g/mol. The van der Waals surface area contributed by atoms with Crippen molar-refractivity contribution in [2.75, 3.05) is 26.3 Å². The Hall–Kier alpha value is -5.13. The van der Waals surface area contributed by atoms with E-state index in [4.69, 9.17) is 15.5 Å². The van der Waals surface area contributed by atoms with Crippen LogP contribution in [0.25, 0.3) is 11.4 Å². The molecule has 2 amide bonds. The number of aliphatic imine (C=N–C) groups is 1. The maximum Gasteiger partial charge on any atom is 0.503 e.